The number of furan rings is 1. The summed E-state index contributed by atoms with van der Waals surface area (Å²) < 4.78 is 6.76. The van der Waals surface area contributed by atoms with Gasteiger partial charge in [-0.15, -0.1) is 0 Å². The maximum atomic E-state index is 6.76. The molecule has 11 aromatic rings. The molecule has 1 aromatic heterocycles. The summed E-state index contributed by atoms with van der Waals surface area (Å²) in [6.07, 6.45) is 0. The third-order valence-corrected chi connectivity index (χ3v) is 13.2. The SMILES string of the molecule is c1ccc(-c2ccc(N(c3ccc(-c4ccccc4)cc3)c3ccc(-c4ccc(-c5ccc6c(c5)C(c5ccccc5)(c5ccccc5)c5c-6oc6ccccc56)cc4)cc3)cc2)cc1. The Labute approximate surface area is 380 Å². The molecule has 0 bridgehead atoms. The van der Waals surface area contributed by atoms with Crippen molar-refractivity contribution in [3.8, 4) is 55.8 Å². The molecule has 10 aromatic carbocycles. The van der Waals surface area contributed by atoms with Crippen LogP contribution >= 0.6 is 0 Å². The smallest absolute Gasteiger partial charge is 0.140 e. The molecule has 0 N–H and O–H groups in total. The van der Waals surface area contributed by atoms with Gasteiger partial charge in [-0.25, -0.2) is 0 Å². The second-order valence-corrected chi connectivity index (χ2v) is 16.8. The molecule has 2 nitrogen and oxygen atoms in total. The fourth-order valence-electron chi connectivity index (χ4n) is 10.1. The summed E-state index contributed by atoms with van der Waals surface area (Å²) in [6, 6.07) is 94.1. The molecule has 0 fully saturated rings. The lowest BCUT2D eigenvalue weighted by molar-refractivity contribution is 0.628. The van der Waals surface area contributed by atoms with E-state index in [1.165, 1.54) is 61.2 Å². The van der Waals surface area contributed by atoms with Crippen LogP contribution < -0.4 is 4.90 Å². The number of hydrogen-bond donors (Lipinski definition) is 0. The van der Waals surface area contributed by atoms with Crippen molar-refractivity contribution in [2.24, 2.45) is 0 Å². The Bertz CT molecular complexity index is 3290. The van der Waals surface area contributed by atoms with E-state index in [1.807, 2.05) is 0 Å². The molecule has 0 aliphatic heterocycles. The molecular formula is C63H43NO. The van der Waals surface area contributed by atoms with Crippen LogP contribution in [-0.2, 0) is 5.41 Å². The summed E-state index contributed by atoms with van der Waals surface area (Å²) in [5.74, 6) is 0.950. The minimum Gasteiger partial charge on any atom is -0.456 e. The lowest BCUT2D eigenvalue weighted by Gasteiger charge is -2.33. The molecule has 0 amide bonds. The van der Waals surface area contributed by atoms with Crippen molar-refractivity contribution in [3.63, 3.8) is 0 Å². The number of fused-ring (bicyclic) bond motifs is 5. The first kappa shape index (κ1) is 38.2. The van der Waals surface area contributed by atoms with Crippen molar-refractivity contribution in [2.45, 2.75) is 5.41 Å². The minimum absolute atomic E-state index is 0.556. The standard InChI is InChI=1S/C63H43NO/c1-5-15-44(16-6-1)47-29-36-54(37-30-47)64(55-38-31-48(32-39-55)45-17-7-2-8-18-45)56-40-33-49(34-41-56)46-25-27-50(28-26-46)51-35-42-57-59(43-51)63(52-19-9-3-10-20-52,53-21-11-4-12-22-53)61-58-23-13-14-24-60(58)65-62(57)61/h1-43H. The van der Waals surface area contributed by atoms with E-state index in [-0.39, 0.29) is 0 Å². The molecule has 2 heteroatoms. The van der Waals surface area contributed by atoms with Gasteiger partial charge in [0, 0.05) is 33.6 Å². The van der Waals surface area contributed by atoms with Crippen LogP contribution in [0.5, 0.6) is 0 Å². The van der Waals surface area contributed by atoms with E-state index in [9.17, 15) is 0 Å². The highest BCUT2D eigenvalue weighted by molar-refractivity contribution is 5.98. The second kappa shape index (κ2) is 16.0. The van der Waals surface area contributed by atoms with Gasteiger partial charge in [0.25, 0.3) is 0 Å². The minimum atomic E-state index is -0.556. The average Bonchev–Trinajstić information content (AvgIpc) is 3.91. The van der Waals surface area contributed by atoms with Gasteiger partial charge in [0.15, 0.2) is 0 Å². The molecule has 0 radical (unpaired) electrons. The summed E-state index contributed by atoms with van der Waals surface area (Å²) in [5.41, 5.74) is 19.1. The molecule has 0 atom stereocenters. The molecular weight excluding hydrogens is 787 g/mol. The molecule has 1 aliphatic rings. The van der Waals surface area contributed by atoms with Gasteiger partial charge < -0.3 is 9.32 Å². The fourth-order valence-corrected chi connectivity index (χ4v) is 10.1. The van der Waals surface area contributed by atoms with Crippen LogP contribution in [0.3, 0.4) is 0 Å². The number of anilines is 3. The Morgan fingerprint density at radius 2 is 0.662 bits per heavy atom. The van der Waals surface area contributed by atoms with Gasteiger partial charge in [-0.2, -0.15) is 0 Å². The number of hydrogen-bond acceptors (Lipinski definition) is 2. The van der Waals surface area contributed by atoms with Crippen molar-refractivity contribution < 1.29 is 4.42 Å². The Balaban J connectivity index is 0.893. The summed E-state index contributed by atoms with van der Waals surface area (Å²) in [5, 5.41) is 1.15. The second-order valence-electron chi connectivity index (χ2n) is 16.8. The van der Waals surface area contributed by atoms with Gasteiger partial charge in [-0.3, -0.25) is 0 Å². The summed E-state index contributed by atoms with van der Waals surface area (Å²) in [7, 11) is 0. The van der Waals surface area contributed by atoms with E-state index in [0.717, 1.165) is 44.9 Å². The first-order valence-electron chi connectivity index (χ1n) is 22.3. The van der Waals surface area contributed by atoms with E-state index >= 15 is 0 Å². The average molecular weight is 830 g/mol. The molecule has 0 saturated heterocycles. The lowest BCUT2D eigenvalue weighted by atomic mass is 9.67. The zero-order chi connectivity index (χ0) is 43.2. The third kappa shape index (κ3) is 6.58. The van der Waals surface area contributed by atoms with Crippen LogP contribution in [0.1, 0.15) is 22.3 Å². The Morgan fingerprint density at radius 3 is 1.12 bits per heavy atom. The van der Waals surface area contributed by atoms with Crippen LogP contribution in [0.4, 0.5) is 17.1 Å². The highest BCUT2D eigenvalue weighted by atomic mass is 16.3. The zero-order valence-corrected chi connectivity index (χ0v) is 35.7. The van der Waals surface area contributed by atoms with Gasteiger partial charge in [-0.1, -0.05) is 212 Å². The topological polar surface area (TPSA) is 16.4 Å². The van der Waals surface area contributed by atoms with Gasteiger partial charge in [-0.05, 0) is 110 Å². The Kier molecular flexibility index (Phi) is 9.43. The Hall–Kier alpha value is -8.46. The normalized spacial score (nSPS) is 12.4. The maximum absolute atomic E-state index is 6.76. The summed E-state index contributed by atoms with van der Waals surface area (Å²) in [6.45, 7) is 0. The van der Waals surface area contributed by atoms with Gasteiger partial charge in [0.2, 0.25) is 0 Å². The van der Waals surface area contributed by atoms with Crippen molar-refractivity contribution in [3.05, 3.63) is 283 Å². The van der Waals surface area contributed by atoms with Crippen molar-refractivity contribution >= 4 is 28.0 Å². The van der Waals surface area contributed by atoms with Crippen molar-refractivity contribution in [2.75, 3.05) is 4.90 Å². The number of nitrogens with zero attached hydrogens (tertiary/aromatic N) is 1. The predicted octanol–water partition coefficient (Wildman–Crippen LogP) is 16.9. The highest BCUT2D eigenvalue weighted by Gasteiger charge is 2.49. The van der Waals surface area contributed by atoms with E-state index in [1.54, 1.807) is 0 Å². The summed E-state index contributed by atoms with van der Waals surface area (Å²) >= 11 is 0. The molecule has 0 saturated carbocycles. The summed E-state index contributed by atoms with van der Waals surface area (Å²) in [4.78, 5) is 2.34. The number of benzene rings is 10. The van der Waals surface area contributed by atoms with Gasteiger partial charge in [0.05, 0.1) is 5.41 Å². The monoisotopic (exact) mass is 829 g/mol. The third-order valence-electron chi connectivity index (χ3n) is 13.2. The van der Waals surface area contributed by atoms with Crippen LogP contribution in [-0.4, -0.2) is 0 Å². The van der Waals surface area contributed by atoms with Crippen LogP contribution in [0.25, 0.3) is 66.8 Å². The van der Waals surface area contributed by atoms with Crippen LogP contribution in [0.15, 0.2) is 265 Å². The predicted molar refractivity (Wildman–Crippen MR) is 270 cm³/mol. The molecule has 0 spiro atoms. The van der Waals surface area contributed by atoms with E-state index in [0.29, 0.717) is 0 Å². The van der Waals surface area contributed by atoms with Crippen LogP contribution in [0, 0.1) is 0 Å². The molecule has 12 rings (SSSR count). The first-order chi connectivity index (χ1) is 32.2. The molecule has 65 heavy (non-hydrogen) atoms. The number of rotatable bonds is 9. The fraction of sp³-hybridized carbons (Fsp3) is 0.0159. The zero-order valence-electron chi connectivity index (χ0n) is 35.7. The van der Waals surface area contributed by atoms with Crippen LogP contribution in [0.2, 0.25) is 0 Å². The highest BCUT2D eigenvalue weighted by Crippen LogP contribution is 2.59. The molecule has 306 valence electrons. The molecule has 0 unspecified atom stereocenters. The largest absolute Gasteiger partial charge is 0.456 e. The van der Waals surface area contributed by atoms with Crippen molar-refractivity contribution in [1.82, 2.24) is 0 Å². The van der Waals surface area contributed by atoms with E-state index in [4.69, 9.17) is 4.42 Å². The number of para-hydroxylation sites is 1. The quantitative estimate of drug-likeness (QED) is 0.144. The van der Waals surface area contributed by atoms with Crippen molar-refractivity contribution in [1.29, 1.82) is 0 Å². The molecule has 1 heterocycles. The Morgan fingerprint density at radius 1 is 0.308 bits per heavy atom. The van der Waals surface area contributed by atoms with E-state index < -0.39 is 5.41 Å². The molecule has 1 aliphatic carbocycles. The van der Waals surface area contributed by atoms with Gasteiger partial charge in [0.1, 0.15) is 11.3 Å². The van der Waals surface area contributed by atoms with E-state index in [2.05, 4.69) is 266 Å². The first-order valence-corrected chi connectivity index (χ1v) is 22.3. The maximum Gasteiger partial charge on any atom is 0.140 e. The lowest BCUT2D eigenvalue weighted by Crippen LogP contribution is -2.28. The van der Waals surface area contributed by atoms with Gasteiger partial charge >= 0.3 is 0 Å².